The van der Waals surface area contributed by atoms with Crippen LogP contribution in [0.3, 0.4) is 0 Å². The molecule has 0 saturated heterocycles. The zero-order valence-electron chi connectivity index (χ0n) is 10.1. The van der Waals surface area contributed by atoms with Gasteiger partial charge in [-0.1, -0.05) is 25.4 Å². The molecule has 1 heterocycles. The molecular weight excluding hydrogens is 240 g/mol. The van der Waals surface area contributed by atoms with Gasteiger partial charge in [0.2, 0.25) is 0 Å². The maximum absolute atomic E-state index is 11.8. The van der Waals surface area contributed by atoms with Crippen molar-refractivity contribution in [2.45, 2.75) is 45.6 Å². The molecule has 0 bridgehead atoms. The average Bonchev–Trinajstić information content (AvgIpc) is 2.19. The number of aromatic amines is 1. The van der Waals surface area contributed by atoms with Gasteiger partial charge in [0.25, 0.3) is 5.56 Å². The van der Waals surface area contributed by atoms with Gasteiger partial charge in [-0.3, -0.25) is 14.3 Å². The number of nitrogens with zero attached hydrogens (tertiary/aromatic N) is 1. The van der Waals surface area contributed by atoms with Crippen molar-refractivity contribution in [2.75, 3.05) is 0 Å². The number of nitrogens with one attached hydrogen (secondary N) is 1. The lowest BCUT2D eigenvalue weighted by molar-refractivity contribution is 0.188. The molecule has 0 aromatic carbocycles. The Balaban J connectivity index is 2.31. The highest BCUT2D eigenvalue weighted by atomic mass is 35.5. The van der Waals surface area contributed by atoms with E-state index in [1.807, 2.05) is 0 Å². The summed E-state index contributed by atoms with van der Waals surface area (Å²) in [5, 5.41) is 0.104. The van der Waals surface area contributed by atoms with Crippen molar-refractivity contribution in [3.05, 3.63) is 32.1 Å². The van der Waals surface area contributed by atoms with Gasteiger partial charge in [0.15, 0.2) is 0 Å². The predicted octanol–water partition coefficient (Wildman–Crippen LogP) is 2.33. The molecule has 1 aliphatic rings. The van der Waals surface area contributed by atoms with Gasteiger partial charge < -0.3 is 0 Å². The highest BCUT2D eigenvalue weighted by molar-refractivity contribution is 6.29. The average molecular weight is 257 g/mol. The van der Waals surface area contributed by atoms with E-state index in [-0.39, 0.29) is 16.8 Å². The van der Waals surface area contributed by atoms with E-state index in [0.29, 0.717) is 5.41 Å². The van der Waals surface area contributed by atoms with Crippen molar-refractivity contribution in [2.24, 2.45) is 5.41 Å². The number of hydrogen-bond acceptors (Lipinski definition) is 2. The van der Waals surface area contributed by atoms with Gasteiger partial charge in [0.1, 0.15) is 5.15 Å². The number of rotatable bonds is 1. The third-order valence-electron chi connectivity index (χ3n) is 3.61. The van der Waals surface area contributed by atoms with Crippen LogP contribution in [0.2, 0.25) is 5.15 Å². The molecule has 0 radical (unpaired) electrons. The van der Waals surface area contributed by atoms with Crippen LogP contribution in [0.5, 0.6) is 0 Å². The molecule has 0 spiro atoms. The van der Waals surface area contributed by atoms with Gasteiger partial charge in [-0.2, -0.15) is 0 Å². The van der Waals surface area contributed by atoms with Gasteiger partial charge in [-0.05, 0) is 31.1 Å². The maximum atomic E-state index is 11.8. The third-order valence-corrected chi connectivity index (χ3v) is 3.81. The zero-order valence-corrected chi connectivity index (χ0v) is 10.9. The first-order valence-corrected chi connectivity index (χ1v) is 6.28. The molecular formula is C12H17ClN2O2. The van der Waals surface area contributed by atoms with E-state index in [9.17, 15) is 9.59 Å². The predicted molar refractivity (Wildman–Crippen MR) is 67.6 cm³/mol. The second-order valence-electron chi connectivity index (χ2n) is 5.53. The molecule has 0 unspecified atom stereocenters. The minimum absolute atomic E-state index is 0.0107. The fraction of sp³-hybridized carbons (Fsp3) is 0.667. The Labute approximate surface area is 105 Å². The van der Waals surface area contributed by atoms with Gasteiger partial charge in [0, 0.05) is 12.1 Å². The van der Waals surface area contributed by atoms with Crippen molar-refractivity contribution in [1.82, 2.24) is 9.55 Å². The summed E-state index contributed by atoms with van der Waals surface area (Å²) in [4.78, 5) is 26.0. The Kier molecular flexibility index (Phi) is 3.17. The van der Waals surface area contributed by atoms with E-state index in [0.717, 1.165) is 25.7 Å². The first kappa shape index (κ1) is 12.4. The first-order chi connectivity index (χ1) is 7.89. The SMILES string of the molecule is CC1(C)CCC(n2c(=O)cc(Cl)[nH]c2=O)CC1. The fourth-order valence-electron chi connectivity index (χ4n) is 2.46. The number of H-pyrrole nitrogens is 1. The van der Waals surface area contributed by atoms with Crippen LogP contribution in [-0.2, 0) is 0 Å². The summed E-state index contributed by atoms with van der Waals surface area (Å²) >= 11 is 5.64. The van der Waals surface area contributed by atoms with E-state index >= 15 is 0 Å². The molecule has 0 aliphatic heterocycles. The second-order valence-corrected chi connectivity index (χ2v) is 5.93. The van der Waals surface area contributed by atoms with E-state index in [1.165, 1.54) is 10.6 Å². The molecule has 17 heavy (non-hydrogen) atoms. The summed E-state index contributed by atoms with van der Waals surface area (Å²) in [5.41, 5.74) is -0.380. The monoisotopic (exact) mass is 256 g/mol. The lowest BCUT2D eigenvalue weighted by Gasteiger charge is -2.34. The van der Waals surface area contributed by atoms with E-state index < -0.39 is 5.69 Å². The molecule has 1 saturated carbocycles. The van der Waals surface area contributed by atoms with Crippen LogP contribution in [0.25, 0.3) is 0 Å². The summed E-state index contributed by atoms with van der Waals surface area (Å²) < 4.78 is 1.31. The number of hydrogen-bond donors (Lipinski definition) is 1. The molecule has 0 amide bonds. The Morgan fingerprint density at radius 2 is 1.94 bits per heavy atom. The van der Waals surface area contributed by atoms with Crippen LogP contribution in [0, 0.1) is 5.41 Å². The lowest BCUT2D eigenvalue weighted by Crippen LogP contribution is -2.39. The quantitative estimate of drug-likeness (QED) is 0.784. The van der Waals surface area contributed by atoms with E-state index in [2.05, 4.69) is 18.8 Å². The van der Waals surface area contributed by atoms with Crippen LogP contribution in [-0.4, -0.2) is 9.55 Å². The summed E-state index contributed by atoms with van der Waals surface area (Å²) in [5.74, 6) is 0. The minimum Gasteiger partial charge on any atom is -0.298 e. The highest BCUT2D eigenvalue weighted by Crippen LogP contribution is 2.39. The summed E-state index contributed by atoms with van der Waals surface area (Å²) in [6.07, 6.45) is 3.81. The highest BCUT2D eigenvalue weighted by Gasteiger charge is 2.29. The van der Waals surface area contributed by atoms with Crippen molar-refractivity contribution in [3.63, 3.8) is 0 Å². The molecule has 5 heteroatoms. The smallest absolute Gasteiger partial charge is 0.298 e. The van der Waals surface area contributed by atoms with Gasteiger partial charge in [-0.15, -0.1) is 0 Å². The molecule has 1 N–H and O–H groups in total. The molecule has 1 aromatic rings. The molecule has 0 atom stereocenters. The summed E-state index contributed by atoms with van der Waals surface area (Å²) in [6.45, 7) is 4.44. The zero-order chi connectivity index (χ0) is 12.6. The van der Waals surface area contributed by atoms with Crippen molar-refractivity contribution in [3.8, 4) is 0 Å². The molecule has 1 fully saturated rings. The summed E-state index contributed by atoms with van der Waals surface area (Å²) in [6, 6.07) is 1.28. The third kappa shape index (κ3) is 2.63. The molecule has 2 rings (SSSR count). The van der Waals surface area contributed by atoms with Gasteiger partial charge in [0.05, 0.1) is 0 Å². The normalized spacial score (nSPS) is 20.4. The largest absolute Gasteiger partial charge is 0.329 e. The second kappa shape index (κ2) is 4.33. The van der Waals surface area contributed by atoms with Crippen LogP contribution in [0.1, 0.15) is 45.6 Å². The van der Waals surface area contributed by atoms with Crippen molar-refractivity contribution >= 4 is 11.6 Å². The Morgan fingerprint density at radius 3 is 2.47 bits per heavy atom. The van der Waals surface area contributed by atoms with Crippen molar-refractivity contribution in [1.29, 1.82) is 0 Å². The Morgan fingerprint density at radius 1 is 1.35 bits per heavy atom. The Bertz CT molecular complexity index is 489. The van der Waals surface area contributed by atoms with Crippen LogP contribution < -0.4 is 11.2 Å². The molecule has 4 nitrogen and oxygen atoms in total. The number of halogens is 1. The van der Waals surface area contributed by atoms with E-state index in [4.69, 9.17) is 11.6 Å². The van der Waals surface area contributed by atoms with Crippen LogP contribution >= 0.6 is 11.6 Å². The van der Waals surface area contributed by atoms with Gasteiger partial charge in [-0.25, -0.2) is 4.79 Å². The van der Waals surface area contributed by atoms with Crippen molar-refractivity contribution < 1.29 is 0 Å². The molecule has 1 aliphatic carbocycles. The first-order valence-electron chi connectivity index (χ1n) is 5.90. The summed E-state index contributed by atoms with van der Waals surface area (Å²) in [7, 11) is 0. The van der Waals surface area contributed by atoms with Gasteiger partial charge >= 0.3 is 5.69 Å². The minimum atomic E-state index is -0.396. The molecule has 94 valence electrons. The topological polar surface area (TPSA) is 54.9 Å². The maximum Gasteiger partial charge on any atom is 0.329 e. The van der Waals surface area contributed by atoms with E-state index in [1.54, 1.807) is 0 Å². The number of aromatic nitrogens is 2. The molecule has 1 aromatic heterocycles. The standard InChI is InChI=1S/C12H17ClN2O2/c1-12(2)5-3-8(4-6-12)15-10(16)7-9(13)14-11(15)17/h7-8H,3-6H2,1-2H3,(H,14,17). The fourth-order valence-corrected chi connectivity index (χ4v) is 2.64. The van der Waals surface area contributed by atoms with Crippen LogP contribution in [0.4, 0.5) is 0 Å². The Hall–Kier alpha value is -1.03. The van der Waals surface area contributed by atoms with Crippen LogP contribution in [0.15, 0.2) is 15.7 Å². The lowest BCUT2D eigenvalue weighted by atomic mass is 9.75.